The van der Waals surface area contributed by atoms with Crippen LogP contribution in [-0.2, 0) is 6.54 Å². The number of anilines is 1. The predicted molar refractivity (Wildman–Crippen MR) is 69.7 cm³/mol. The summed E-state index contributed by atoms with van der Waals surface area (Å²) < 4.78 is 2.08. The van der Waals surface area contributed by atoms with Crippen LogP contribution in [0.3, 0.4) is 0 Å². The van der Waals surface area contributed by atoms with Gasteiger partial charge in [0.15, 0.2) is 0 Å². The summed E-state index contributed by atoms with van der Waals surface area (Å²) in [5.41, 5.74) is 8.94. The van der Waals surface area contributed by atoms with Crippen LogP contribution in [0.1, 0.15) is 5.56 Å². The van der Waals surface area contributed by atoms with Crippen molar-refractivity contribution in [3.63, 3.8) is 0 Å². The molecule has 0 atom stereocenters. The van der Waals surface area contributed by atoms with Gasteiger partial charge in [0.25, 0.3) is 0 Å². The third-order valence-electron chi connectivity index (χ3n) is 2.86. The first kappa shape index (κ1) is 9.90. The molecule has 84 valence electrons. The van der Waals surface area contributed by atoms with Gasteiger partial charge in [-0.25, -0.2) is 4.98 Å². The van der Waals surface area contributed by atoms with Crippen LogP contribution in [0.2, 0.25) is 0 Å². The number of fused-ring (bicyclic) bond motifs is 1. The van der Waals surface area contributed by atoms with E-state index in [1.807, 2.05) is 36.5 Å². The second-order valence-electron chi connectivity index (χ2n) is 4.07. The third kappa shape index (κ3) is 1.76. The van der Waals surface area contributed by atoms with Gasteiger partial charge in [-0.2, -0.15) is 0 Å². The van der Waals surface area contributed by atoms with Crippen molar-refractivity contribution in [1.82, 2.24) is 9.55 Å². The van der Waals surface area contributed by atoms with Crippen molar-refractivity contribution in [3.05, 3.63) is 60.4 Å². The minimum atomic E-state index is 0.782. The minimum absolute atomic E-state index is 0.782. The summed E-state index contributed by atoms with van der Waals surface area (Å²) in [5, 5.41) is 1.02. The molecule has 3 nitrogen and oxygen atoms in total. The van der Waals surface area contributed by atoms with E-state index in [0.29, 0.717) is 0 Å². The van der Waals surface area contributed by atoms with Gasteiger partial charge in [0.05, 0.1) is 5.69 Å². The minimum Gasteiger partial charge on any atom is -0.397 e. The largest absolute Gasteiger partial charge is 0.397 e. The van der Waals surface area contributed by atoms with Crippen molar-refractivity contribution in [1.29, 1.82) is 0 Å². The average molecular weight is 223 g/mol. The summed E-state index contributed by atoms with van der Waals surface area (Å²) in [7, 11) is 0. The molecule has 3 rings (SSSR count). The molecule has 0 bridgehead atoms. The number of benzene rings is 1. The highest BCUT2D eigenvalue weighted by Crippen LogP contribution is 2.21. The van der Waals surface area contributed by atoms with Gasteiger partial charge in [-0.05, 0) is 17.7 Å². The molecule has 0 fully saturated rings. The van der Waals surface area contributed by atoms with E-state index in [1.165, 1.54) is 5.56 Å². The molecule has 0 aliphatic heterocycles. The van der Waals surface area contributed by atoms with Gasteiger partial charge < -0.3 is 10.3 Å². The summed E-state index contributed by atoms with van der Waals surface area (Å²) >= 11 is 0. The summed E-state index contributed by atoms with van der Waals surface area (Å²) in [4.78, 5) is 4.38. The Morgan fingerprint density at radius 1 is 1.06 bits per heavy atom. The molecule has 0 saturated carbocycles. The average Bonchev–Trinajstić information content (AvgIpc) is 2.69. The second kappa shape index (κ2) is 3.94. The molecule has 3 heteroatoms. The summed E-state index contributed by atoms with van der Waals surface area (Å²) in [6, 6.07) is 14.2. The van der Waals surface area contributed by atoms with E-state index in [1.54, 1.807) is 6.20 Å². The quantitative estimate of drug-likeness (QED) is 0.725. The molecule has 0 aliphatic carbocycles. The van der Waals surface area contributed by atoms with Crippen molar-refractivity contribution in [2.45, 2.75) is 6.54 Å². The lowest BCUT2D eigenvalue weighted by molar-refractivity contribution is 0.826. The van der Waals surface area contributed by atoms with Crippen molar-refractivity contribution in [2.75, 3.05) is 5.73 Å². The zero-order chi connectivity index (χ0) is 11.7. The molecule has 0 aliphatic rings. The Morgan fingerprint density at radius 2 is 1.88 bits per heavy atom. The summed E-state index contributed by atoms with van der Waals surface area (Å²) in [6.07, 6.45) is 3.74. The van der Waals surface area contributed by atoms with E-state index < -0.39 is 0 Å². The first-order chi connectivity index (χ1) is 8.34. The van der Waals surface area contributed by atoms with Gasteiger partial charge in [0, 0.05) is 24.3 Å². The Morgan fingerprint density at radius 3 is 2.71 bits per heavy atom. The highest BCUT2D eigenvalue weighted by atomic mass is 15.0. The number of nitrogens with two attached hydrogens (primary N) is 1. The van der Waals surface area contributed by atoms with E-state index in [0.717, 1.165) is 23.3 Å². The molecular weight excluding hydrogens is 210 g/mol. The summed E-state index contributed by atoms with van der Waals surface area (Å²) in [5.74, 6) is 0. The smallest absolute Gasteiger partial charge is 0.142 e. The molecule has 0 amide bonds. The van der Waals surface area contributed by atoms with Crippen molar-refractivity contribution in [3.8, 4) is 0 Å². The molecule has 0 spiro atoms. The fraction of sp³-hybridized carbons (Fsp3) is 0.0714. The zero-order valence-electron chi connectivity index (χ0n) is 9.38. The SMILES string of the molecule is Nc1cn(Cc2ccccc2)c2ncccc12. The van der Waals surface area contributed by atoms with E-state index in [9.17, 15) is 0 Å². The van der Waals surface area contributed by atoms with Gasteiger partial charge in [-0.1, -0.05) is 30.3 Å². The Bertz CT molecular complexity index is 641. The maximum absolute atomic E-state index is 5.97. The molecule has 3 aromatic rings. The lowest BCUT2D eigenvalue weighted by Crippen LogP contribution is -1.98. The van der Waals surface area contributed by atoms with Crippen LogP contribution in [0.5, 0.6) is 0 Å². The number of pyridine rings is 1. The number of aromatic nitrogens is 2. The number of rotatable bonds is 2. The summed E-state index contributed by atoms with van der Waals surface area (Å²) in [6.45, 7) is 0.797. The van der Waals surface area contributed by atoms with Gasteiger partial charge in [0.1, 0.15) is 5.65 Å². The Hall–Kier alpha value is -2.29. The van der Waals surface area contributed by atoms with E-state index in [4.69, 9.17) is 5.73 Å². The molecular formula is C14H13N3. The molecule has 2 heterocycles. The fourth-order valence-corrected chi connectivity index (χ4v) is 2.05. The molecule has 0 unspecified atom stereocenters. The Kier molecular flexibility index (Phi) is 2.29. The van der Waals surface area contributed by atoms with Crippen molar-refractivity contribution >= 4 is 16.7 Å². The first-order valence-corrected chi connectivity index (χ1v) is 5.58. The standard InChI is InChI=1S/C14H13N3/c15-13-10-17(9-11-5-2-1-3-6-11)14-12(13)7-4-8-16-14/h1-8,10H,9,15H2. The molecule has 1 aromatic carbocycles. The van der Waals surface area contributed by atoms with Crippen LogP contribution in [0.25, 0.3) is 11.0 Å². The highest BCUT2D eigenvalue weighted by Gasteiger charge is 2.06. The number of hydrogen-bond donors (Lipinski definition) is 1. The fourth-order valence-electron chi connectivity index (χ4n) is 2.05. The highest BCUT2D eigenvalue weighted by molar-refractivity contribution is 5.89. The molecule has 2 N–H and O–H groups in total. The van der Waals surface area contributed by atoms with Gasteiger partial charge in [-0.15, -0.1) is 0 Å². The van der Waals surface area contributed by atoms with Crippen LogP contribution in [0.15, 0.2) is 54.9 Å². The molecule has 2 aromatic heterocycles. The zero-order valence-corrected chi connectivity index (χ0v) is 9.38. The number of nitrogen functional groups attached to an aromatic ring is 1. The van der Waals surface area contributed by atoms with Gasteiger partial charge in [0.2, 0.25) is 0 Å². The van der Waals surface area contributed by atoms with E-state index >= 15 is 0 Å². The van der Waals surface area contributed by atoms with Crippen LogP contribution in [-0.4, -0.2) is 9.55 Å². The van der Waals surface area contributed by atoms with Crippen LogP contribution >= 0.6 is 0 Å². The van der Waals surface area contributed by atoms with E-state index in [2.05, 4.69) is 21.7 Å². The second-order valence-corrected chi connectivity index (χ2v) is 4.07. The van der Waals surface area contributed by atoms with Gasteiger partial charge >= 0.3 is 0 Å². The molecule has 0 radical (unpaired) electrons. The van der Waals surface area contributed by atoms with Crippen LogP contribution in [0, 0.1) is 0 Å². The molecule has 0 saturated heterocycles. The molecule has 17 heavy (non-hydrogen) atoms. The van der Waals surface area contributed by atoms with Gasteiger partial charge in [-0.3, -0.25) is 0 Å². The van der Waals surface area contributed by atoms with E-state index in [-0.39, 0.29) is 0 Å². The van der Waals surface area contributed by atoms with Crippen LogP contribution in [0.4, 0.5) is 5.69 Å². The lowest BCUT2D eigenvalue weighted by atomic mass is 10.2. The first-order valence-electron chi connectivity index (χ1n) is 5.58. The Balaban J connectivity index is 2.07. The monoisotopic (exact) mass is 223 g/mol. The van der Waals surface area contributed by atoms with Crippen molar-refractivity contribution < 1.29 is 0 Å². The maximum atomic E-state index is 5.97. The lowest BCUT2D eigenvalue weighted by Gasteiger charge is -2.04. The Labute approximate surface area is 99.5 Å². The third-order valence-corrected chi connectivity index (χ3v) is 2.86. The number of nitrogens with zero attached hydrogens (tertiary/aromatic N) is 2. The maximum Gasteiger partial charge on any atom is 0.142 e. The van der Waals surface area contributed by atoms with Crippen molar-refractivity contribution in [2.24, 2.45) is 0 Å². The van der Waals surface area contributed by atoms with Crippen LogP contribution < -0.4 is 5.73 Å². The number of hydrogen-bond acceptors (Lipinski definition) is 2. The predicted octanol–water partition coefficient (Wildman–Crippen LogP) is 2.67. The topological polar surface area (TPSA) is 43.8 Å². The normalized spacial score (nSPS) is 10.8.